The Morgan fingerprint density at radius 1 is 1.41 bits per heavy atom. The van der Waals surface area contributed by atoms with Crippen molar-refractivity contribution in [3.8, 4) is 0 Å². The molecule has 2 heterocycles. The number of carbonyl (C=O) groups is 1. The van der Waals surface area contributed by atoms with Gasteiger partial charge in [-0.25, -0.2) is 14.2 Å². The van der Waals surface area contributed by atoms with Gasteiger partial charge >= 0.3 is 5.97 Å². The maximum atomic E-state index is 12.9. The molecule has 86 valence electrons. The third-order valence-corrected chi connectivity index (χ3v) is 2.01. The van der Waals surface area contributed by atoms with Gasteiger partial charge in [-0.1, -0.05) is 0 Å². The van der Waals surface area contributed by atoms with Crippen molar-refractivity contribution in [3.63, 3.8) is 0 Å². The summed E-state index contributed by atoms with van der Waals surface area (Å²) in [4.78, 5) is 18.5. The summed E-state index contributed by atoms with van der Waals surface area (Å²) in [6, 6.07) is 4.30. The second kappa shape index (κ2) is 4.56. The second-order valence-corrected chi connectivity index (χ2v) is 3.22. The second-order valence-electron chi connectivity index (χ2n) is 3.22. The van der Waals surface area contributed by atoms with Gasteiger partial charge in [0.2, 0.25) is 0 Å². The van der Waals surface area contributed by atoms with Crippen LogP contribution in [0, 0.1) is 5.82 Å². The minimum Gasteiger partial charge on any atom is -0.478 e. The van der Waals surface area contributed by atoms with E-state index in [2.05, 4.69) is 15.3 Å². The van der Waals surface area contributed by atoms with Crippen LogP contribution in [0.15, 0.2) is 36.8 Å². The number of aromatic carboxylic acids is 1. The molecule has 17 heavy (non-hydrogen) atoms. The fourth-order valence-corrected chi connectivity index (χ4v) is 1.28. The van der Waals surface area contributed by atoms with Crippen molar-refractivity contribution in [2.45, 2.75) is 0 Å². The van der Waals surface area contributed by atoms with E-state index >= 15 is 0 Å². The lowest BCUT2D eigenvalue weighted by molar-refractivity contribution is 0.0697. The molecule has 6 heteroatoms. The lowest BCUT2D eigenvalue weighted by Gasteiger charge is -2.07. The number of aromatic nitrogens is 2. The minimum absolute atomic E-state index is 0.0758. The van der Waals surface area contributed by atoms with Crippen molar-refractivity contribution in [2.24, 2.45) is 0 Å². The van der Waals surface area contributed by atoms with E-state index in [4.69, 9.17) is 5.11 Å². The van der Waals surface area contributed by atoms with E-state index in [0.29, 0.717) is 5.69 Å². The van der Waals surface area contributed by atoms with Crippen molar-refractivity contribution in [2.75, 3.05) is 5.32 Å². The zero-order chi connectivity index (χ0) is 12.3. The van der Waals surface area contributed by atoms with Crippen LogP contribution in [0.2, 0.25) is 0 Å². The maximum Gasteiger partial charge on any atom is 0.339 e. The highest BCUT2D eigenvalue weighted by Gasteiger charge is 2.12. The molecular formula is C11H8FN3O2. The Morgan fingerprint density at radius 3 is 2.88 bits per heavy atom. The molecular weight excluding hydrogens is 225 g/mol. The molecule has 0 bridgehead atoms. The zero-order valence-electron chi connectivity index (χ0n) is 8.59. The van der Waals surface area contributed by atoms with E-state index in [1.54, 1.807) is 18.3 Å². The molecule has 2 aromatic heterocycles. The third-order valence-electron chi connectivity index (χ3n) is 2.01. The molecule has 0 radical (unpaired) electrons. The van der Waals surface area contributed by atoms with Crippen LogP contribution < -0.4 is 5.32 Å². The number of hydrogen-bond acceptors (Lipinski definition) is 4. The lowest BCUT2D eigenvalue weighted by atomic mass is 10.2. The Balaban J connectivity index is 2.36. The SMILES string of the molecule is O=C(O)c1cc(F)cnc1Nc1cccnc1. The fourth-order valence-electron chi connectivity index (χ4n) is 1.28. The average Bonchev–Trinajstić information content (AvgIpc) is 2.32. The summed E-state index contributed by atoms with van der Waals surface area (Å²) in [5.74, 6) is -1.87. The van der Waals surface area contributed by atoms with E-state index in [-0.39, 0.29) is 11.4 Å². The smallest absolute Gasteiger partial charge is 0.339 e. The molecule has 0 spiro atoms. The molecule has 0 saturated carbocycles. The predicted octanol–water partition coefficient (Wildman–Crippen LogP) is 2.06. The number of rotatable bonds is 3. The highest BCUT2D eigenvalue weighted by molar-refractivity contribution is 5.93. The number of anilines is 2. The van der Waals surface area contributed by atoms with Crippen LogP contribution in [0.3, 0.4) is 0 Å². The summed E-state index contributed by atoms with van der Waals surface area (Å²) in [5.41, 5.74) is 0.350. The van der Waals surface area contributed by atoms with Crippen molar-refractivity contribution in [1.29, 1.82) is 0 Å². The third kappa shape index (κ3) is 2.54. The highest BCUT2D eigenvalue weighted by Crippen LogP contribution is 2.18. The lowest BCUT2D eigenvalue weighted by Crippen LogP contribution is -2.05. The van der Waals surface area contributed by atoms with Crippen LogP contribution in [0.5, 0.6) is 0 Å². The molecule has 2 N–H and O–H groups in total. The number of halogens is 1. The molecule has 0 aliphatic rings. The summed E-state index contributed by atoms with van der Waals surface area (Å²) in [6.45, 7) is 0. The first-order valence-electron chi connectivity index (χ1n) is 4.72. The van der Waals surface area contributed by atoms with Gasteiger partial charge in [-0.2, -0.15) is 0 Å². The number of hydrogen-bond donors (Lipinski definition) is 2. The summed E-state index contributed by atoms with van der Waals surface area (Å²) in [6.07, 6.45) is 4.04. The number of pyridine rings is 2. The average molecular weight is 233 g/mol. The summed E-state index contributed by atoms with van der Waals surface area (Å²) >= 11 is 0. The van der Waals surface area contributed by atoms with Gasteiger partial charge in [0.05, 0.1) is 18.1 Å². The molecule has 0 aromatic carbocycles. The Kier molecular flexibility index (Phi) is 2.95. The molecule has 0 amide bonds. The molecule has 0 aliphatic carbocycles. The first kappa shape index (κ1) is 11.0. The predicted molar refractivity (Wildman–Crippen MR) is 58.7 cm³/mol. The van der Waals surface area contributed by atoms with Gasteiger partial charge < -0.3 is 10.4 Å². The van der Waals surface area contributed by atoms with Gasteiger partial charge in [0, 0.05) is 6.20 Å². The maximum absolute atomic E-state index is 12.9. The van der Waals surface area contributed by atoms with Crippen molar-refractivity contribution in [3.05, 3.63) is 48.2 Å². The van der Waals surface area contributed by atoms with Crippen LogP contribution in [-0.4, -0.2) is 21.0 Å². The summed E-state index contributed by atoms with van der Waals surface area (Å²) in [5, 5.41) is 11.7. The Bertz CT molecular complexity index is 546. The molecule has 2 aromatic rings. The Morgan fingerprint density at radius 2 is 2.24 bits per heavy atom. The van der Waals surface area contributed by atoms with Crippen molar-refractivity contribution < 1.29 is 14.3 Å². The Hall–Kier alpha value is -2.50. The van der Waals surface area contributed by atoms with E-state index in [0.717, 1.165) is 12.3 Å². The van der Waals surface area contributed by atoms with Gasteiger partial charge in [0.25, 0.3) is 0 Å². The molecule has 0 atom stereocenters. The van der Waals surface area contributed by atoms with Gasteiger partial charge in [-0.15, -0.1) is 0 Å². The molecule has 0 saturated heterocycles. The van der Waals surface area contributed by atoms with Crippen LogP contribution in [0.4, 0.5) is 15.9 Å². The summed E-state index contributed by atoms with van der Waals surface area (Å²) in [7, 11) is 0. The molecule has 2 rings (SSSR count). The fraction of sp³-hybridized carbons (Fsp3) is 0. The van der Waals surface area contributed by atoms with E-state index < -0.39 is 11.8 Å². The monoisotopic (exact) mass is 233 g/mol. The van der Waals surface area contributed by atoms with Crippen molar-refractivity contribution in [1.82, 2.24) is 9.97 Å². The van der Waals surface area contributed by atoms with E-state index in [9.17, 15) is 9.18 Å². The number of carboxylic acid groups (broad SMARTS) is 1. The highest BCUT2D eigenvalue weighted by atomic mass is 19.1. The number of nitrogens with zero attached hydrogens (tertiary/aromatic N) is 2. The summed E-state index contributed by atoms with van der Waals surface area (Å²) < 4.78 is 12.9. The van der Waals surface area contributed by atoms with Crippen LogP contribution >= 0.6 is 0 Å². The zero-order valence-corrected chi connectivity index (χ0v) is 8.59. The number of nitrogens with one attached hydrogen (secondary N) is 1. The first-order valence-corrected chi connectivity index (χ1v) is 4.72. The van der Waals surface area contributed by atoms with Gasteiger partial charge in [0.15, 0.2) is 0 Å². The van der Waals surface area contributed by atoms with E-state index in [1.807, 2.05) is 0 Å². The van der Waals surface area contributed by atoms with Gasteiger partial charge in [-0.05, 0) is 18.2 Å². The van der Waals surface area contributed by atoms with Gasteiger partial charge in [0.1, 0.15) is 17.2 Å². The largest absolute Gasteiger partial charge is 0.478 e. The first-order chi connectivity index (χ1) is 8.16. The van der Waals surface area contributed by atoms with Gasteiger partial charge in [-0.3, -0.25) is 4.98 Å². The number of carboxylic acids is 1. The van der Waals surface area contributed by atoms with E-state index in [1.165, 1.54) is 6.20 Å². The quantitative estimate of drug-likeness (QED) is 0.848. The van der Waals surface area contributed by atoms with Crippen LogP contribution in [0.25, 0.3) is 0 Å². The van der Waals surface area contributed by atoms with Crippen LogP contribution in [-0.2, 0) is 0 Å². The topological polar surface area (TPSA) is 75.1 Å². The molecule has 0 unspecified atom stereocenters. The molecule has 5 nitrogen and oxygen atoms in total. The molecule has 0 fully saturated rings. The van der Waals surface area contributed by atoms with Crippen LogP contribution in [0.1, 0.15) is 10.4 Å². The Labute approximate surface area is 96.0 Å². The minimum atomic E-state index is -1.25. The standard InChI is InChI=1S/C11H8FN3O2/c12-7-4-9(11(16)17)10(14-5-7)15-8-2-1-3-13-6-8/h1-6H,(H,14,15)(H,16,17). The van der Waals surface area contributed by atoms with Crippen molar-refractivity contribution >= 4 is 17.5 Å². The normalized spacial score (nSPS) is 9.94. The molecule has 0 aliphatic heterocycles.